The topological polar surface area (TPSA) is 134 Å². The van der Waals surface area contributed by atoms with E-state index < -0.39 is 48.8 Å². The molecule has 1 saturated carbocycles. The summed E-state index contributed by atoms with van der Waals surface area (Å²) in [6.07, 6.45) is 3.32. The summed E-state index contributed by atoms with van der Waals surface area (Å²) in [6.45, 7) is 4.80. The zero-order chi connectivity index (χ0) is 31.0. The number of anilines is 1. The number of carbonyl (C=O) groups excluding carboxylic acids is 4. The van der Waals surface area contributed by atoms with Gasteiger partial charge in [0.05, 0.1) is 5.56 Å². The van der Waals surface area contributed by atoms with Crippen molar-refractivity contribution in [2.24, 2.45) is 5.41 Å². The number of esters is 2. The highest BCUT2D eigenvalue weighted by atomic mass is 31.1. The van der Waals surface area contributed by atoms with E-state index in [0.29, 0.717) is 36.9 Å². The summed E-state index contributed by atoms with van der Waals surface area (Å²) in [5.41, 5.74) is 0.126. The van der Waals surface area contributed by atoms with E-state index in [-0.39, 0.29) is 19.8 Å². The number of hydrogen-bond donors (Lipinski definition) is 1. The van der Waals surface area contributed by atoms with Crippen LogP contribution < -0.4 is 15.1 Å². The van der Waals surface area contributed by atoms with Crippen molar-refractivity contribution in [2.45, 2.75) is 70.9 Å². The highest BCUT2D eigenvalue weighted by molar-refractivity contribution is 7.45. The first-order valence-electron chi connectivity index (χ1n) is 14.6. The van der Waals surface area contributed by atoms with Gasteiger partial charge in [-0.1, -0.05) is 49.2 Å². The zero-order valence-electron chi connectivity index (χ0n) is 24.9. The van der Waals surface area contributed by atoms with Crippen LogP contribution in [0.5, 0.6) is 0 Å². The molecule has 2 atom stereocenters. The van der Waals surface area contributed by atoms with Crippen LogP contribution in [0.4, 0.5) is 5.69 Å². The summed E-state index contributed by atoms with van der Waals surface area (Å²) >= 11 is 0. The number of para-hydroxylation sites is 1. The predicted octanol–water partition coefficient (Wildman–Crippen LogP) is 3.70. The van der Waals surface area contributed by atoms with Crippen LogP contribution in [0.15, 0.2) is 54.6 Å². The molecule has 10 nitrogen and oxygen atoms in total. The van der Waals surface area contributed by atoms with Crippen LogP contribution in [0.25, 0.3) is 0 Å². The van der Waals surface area contributed by atoms with Gasteiger partial charge in [0.1, 0.15) is 42.6 Å². The third kappa shape index (κ3) is 8.72. The molecule has 1 heterocycles. The first-order valence-corrected chi connectivity index (χ1v) is 15.8. The Kier molecular flexibility index (Phi) is 10.7. The Bertz CT molecular complexity index is 1350. The van der Waals surface area contributed by atoms with E-state index in [4.69, 9.17) is 14.0 Å². The summed E-state index contributed by atoms with van der Waals surface area (Å²) in [4.78, 5) is 66.6. The van der Waals surface area contributed by atoms with Crippen LogP contribution >= 0.6 is 8.00 Å². The monoisotopic (exact) mass is 610 g/mol. The summed E-state index contributed by atoms with van der Waals surface area (Å²) in [6, 6.07) is 15.0. The van der Waals surface area contributed by atoms with Crippen LogP contribution in [0.1, 0.15) is 68.8 Å². The molecule has 4 rings (SSSR count). The minimum absolute atomic E-state index is 0.0908. The molecule has 2 unspecified atom stereocenters. The van der Waals surface area contributed by atoms with Gasteiger partial charge in [-0.05, 0) is 70.2 Å². The van der Waals surface area contributed by atoms with Crippen molar-refractivity contribution >= 4 is 43.2 Å². The molecule has 0 radical (unpaired) electrons. The third-order valence-corrected chi connectivity index (χ3v) is 8.55. The Morgan fingerprint density at radius 3 is 2.42 bits per heavy atom. The second-order valence-electron chi connectivity index (χ2n) is 11.8. The Balaban J connectivity index is 1.42. The van der Waals surface area contributed by atoms with E-state index in [1.807, 2.05) is 12.1 Å². The lowest BCUT2D eigenvalue weighted by Crippen LogP contribution is -2.53. The molecule has 1 N–H and O–H groups in total. The smallest absolute Gasteiger partial charge is 0.338 e. The van der Waals surface area contributed by atoms with Gasteiger partial charge in [-0.2, -0.15) is 4.52 Å². The number of amides is 2. The van der Waals surface area contributed by atoms with Crippen molar-refractivity contribution in [3.05, 3.63) is 65.7 Å². The maximum atomic E-state index is 13.8. The Hall–Kier alpha value is -3.59. The molecule has 0 saturated heterocycles. The first kappa shape index (κ1) is 32.3. The molecule has 230 valence electrons. The van der Waals surface area contributed by atoms with E-state index in [0.717, 1.165) is 18.4 Å². The van der Waals surface area contributed by atoms with Gasteiger partial charge >= 0.3 is 11.9 Å². The van der Waals surface area contributed by atoms with Crippen LogP contribution in [0.2, 0.25) is 0 Å². The van der Waals surface area contributed by atoms with Crippen molar-refractivity contribution in [2.75, 3.05) is 24.7 Å². The molecule has 0 spiro atoms. The SMILES string of the molecule is CC(C)(C)OC(=O)CN1C(=O)C(NC(=O)C2(C=[P+]([O-])OCCOC(=O)c3ccccc3)CCCC2)CCc2ccccc21. The van der Waals surface area contributed by atoms with E-state index >= 15 is 0 Å². The van der Waals surface area contributed by atoms with Crippen molar-refractivity contribution in [3.63, 3.8) is 0 Å². The van der Waals surface area contributed by atoms with Gasteiger partial charge < -0.3 is 19.7 Å². The fourth-order valence-corrected chi connectivity index (χ4v) is 6.50. The Morgan fingerprint density at radius 1 is 1.05 bits per heavy atom. The minimum atomic E-state index is -2.35. The molecule has 1 aliphatic carbocycles. The maximum Gasteiger partial charge on any atom is 0.338 e. The standard InChI is InChI=1S/C32H39N2O8P/c1-31(2,3)42-27(35)21-34-26-14-8-7-11-23(26)15-16-25(28(34)36)33-30(38)32(17-9-10-18-32)22-43(39)41-20-19-40-29(37)24-12-5-4-6-13-24/h4-8,11-14,22,25H,9-10,15-21H2,1-3H3,(H,33,38). The molecule has 43 heavy (non-hydrogen) atoms. The Morgan fingerprint density at radius 2 is 1.72 bits per heavy atom. The summed E-state index contributed by atoms with van der Waals surface area (Å²) in [5, 5.41) is 2.92. The summed E-state index contributed by atoms with van der Waals surface area (Å²) in [5.74, 6) is -0.428. The van der Waals surface area contributed by atoms with E-state index in [9.17, 15) is 24.1 Å². The first-order chi connectivity index (χ1) is 20.5. The average molecular weight is 611 g/mol. The molecular weight excluding hydrogens is 571 g/mol. The average Bonchev–Trinajstić information content (AvgIpc) is 3.40. The number of ether oxygens (including phenoxy) is 2. The van der Waals surface area contributed by atoms with Gasteiger partial charge in [-0.3, -0.25) is 19.3 Å². The van der Waals surface area contributed by atoms with Gasteiger partial charge in [0, 0.05) is 5.69 Å². The number of hydrogen-bond acceptors (Lipinski definition) is 8. The molecule has 1 fully saturated rings. The summed E-state index contributed by atoms with van der Waals surface area (Å²) < 4.78 is 16.1. The highest BCUT2D eigenvalue weighted by Gasteiger charge is 2.45. The fraction of sp³-hybridized carbons (Fsp3) is 0.469. The van der Waals surface area contributed by atoms with Gasteiger partial charge in [0.25, 0.3) is 0 Å². The zero-order valence-corrected chi connectivity index (χ0v) is 25.8. The van der Waals surface area contributed by atoms with Crippen LogP contribution in [-0.2, 0) is 34.8 Å². The quantitative estimate of drug-likeness (QED) is 0.245. The Labute approximate surface area is 253 Å². The molecule has 0 aromatic heterocycles. The summed E-state index contributed by atoms with van der Waals surface area (Å²) in [7, 11) is -2.35. The molecule has 0 bridgehead atoms. The molecule has 2 aliphatic rings. The number of nitrogens with zero attached hydrogens (tertiary/aromatic N) is 1. The molecule has 1 aliphatic heterocycles. The van der Waals surface area contributed by atoms with Gasteiger partial charge in [0.2, 0.25) is 19.8 Å². The normalized spacial score (nSPS) is 18.4. The minimum Gasteiger partial charge on any atom is -0.603 e. The van der Waals surface area contributed by atoms with Gasteiger partial charge in [-0.15, -0.1) is 0 Å². The van der Waals surface area contributed by atoms with Crippen LogP contribution in [-0.4, -0.2) is 61.0 Å². The molecule has 11 heteroatoms. The number of aryl methyl sites for hydroxylation is 1. The molecule has 2 aromatic carbocycles. The number of fused-ring (bicyclic) bond motifs is 1. The van der Waals surface area contributed by atoms with E-state index in [1.165, 1.54) is 10.7 Å². The third-order valence-electron chi connectivity index (χ3n) is 7.41. The van der Waals surface area contributed by atoms with Crippen molar-refractivity contribution < 1.29 is 38.1 Å². The van der Waals surface area contributed by atoms with Gasteiger partial charge in [0.15, 0.2) is 0 Å². The van der Waals surface area contributed by atoms with Gasteiger partial charge in [-0.25, -0.2) is 4.79 Å². The molecular formula is C32H39N2O8P. The van der Waals surface area contributed by atoms with Crippen molar-refractivity contribution in [1.29, 1.82) is 0 Å². The molecule has 2 amide bonds. The van der Waals surface area contributed by atoms with Crippen LogP contribution in [0, 0.1) is 5.41 Å². The predicted molar refractivity (Wildman–Crippen MR) is 161 cm³/mol. The number of benzene rings is 2. The lowest BCUT2D eigenvalue weighted by molar-refractivity contribution is -0.173. The lowest BCUT2D eigenvalue weighted by Gasteiger charge is -2.29. The second kappa shape index (κ2) is 14.3. The van der Waals surface area contributed by atoms with Crippen molar-refractivity contribution in [3.8, 4) is 0 Å². The maximum absolute atomic E-state index is 13.8. The number of nitrogens with one attached hydrogen (secondary N) is 1. The van der Waals surface area contributed by atoms with E-state index in [2.05, 4.69) is 5.32 Å². The number of rotatable bonds is 10. The fourth-order valence-electron chi connectivity index (χ4n) is 5.40. The lowest BCUT2D eigenvalue weighted by atomic mass is 9.87. The highest BCUT2D eigenvalue weighted by Crippen LogP contribution is 2.40. The van der Waals surface area contributed by atoms with Crippen molar-refractivity contribution in [1.82, 2.24) is 5.32 Å². The van der Waals surface area contributed by atoms with E-state index in [1.54, 1.807) is 63.2 Å². The largest absolute Gasteiger partial charge is 0.603 e. The number of carbonyl (C=O) groups is 4. The second-order valence-corrected chi connectivity index (χ2v) is 12.9. The van der Waals surface area contributed by atoms with Crippen LogP contribution in [0.3, 0.4) is 0 Å². The molecule has 2 aromatic rings.